The number of allylic oxidation sites excluding steroid dienone is 1. The van der Waals surface area contributed by atoms with Crippen molar-refractivity contribution in [3.63, 3.8) is 0 Å². The molecule has 0 N–H and O–H groups in total. The van der Waals surface area contributed by atoms with Crippen molar-refractivity contribution in [3.8, 4) is 0 Å². The number of hydrogen-bond acceptors (Lipinski definition) is 2. The molecule has 2 bridgehead atoms. The highest BCUT2D eigenvalue weighted by molar-refractivity contribution is 6.09. The van der Waals surface area contributed by atoms with Crippen LogP contribution in [0.5, 0.6) is 0 Å². The Balaban J connectivity index is 1.69. The molecule has 0 spiro atoms. The van der Waals surface area contributed by atoms with Gasteiger partial charge in [0.2, 0.25) is 11.8 Å². The number of carbonyl (C=O) groups excluding carboxylic acids is 2. The van der Waals surface area contributed by atoms with Crippen LogP contribution in [0.1, 0.15) is 34.1 Å². The fourth-order valence-corrected chi connectivity index (χ4v) is 5.96. The third-order valence-electron chi connectivity index (χ3n) is 7.09. The molecule has 3 heteroatoms. The number of nitrogens with zero attached hydrogens (tertiary/aromatic N) is 1. The molecule has 3 aromatic rings. The zero-order valence-electron chi connectivity index (χ0n) is 16.7. The van der Waals surface area contributed by atoms with Crippen LogP contribution >= 0.6 is 0 Å². The van der Waals surface area contributed by atoms with E-state index >= 15 is 0 Å². The summed E-state index contributed by atoms with van der Waals surface area (Å²) in [5.74, 6) is -0.754. The summed E-state index contributed by atoms with van der Waals surface area (Å²) in [6.07, 6.45) is 0. The van der Waals surface area contributed by atoms with Gasteiger partial charge in [0.25, 0.3) is 0 Å². The first-order valence-electron chi connectivity index (χ1n) is 10.4. The fraction of sp³-hybridized carbons (Fsp3) is 0.185. The number of amides is 2. The molecule has 3 nitrogen and oxygen atoms in total. The van der Waals surface area contributed by atoms with Gasteiger partial charge in [-0.25, -0.2) is 0 Å². The molecule has 30 heavy (non-hydrogen) atoms. The normalized spacial score (nSPS) is 26.2. The predicted octanol–water partition coefficient (Wildman–Crippen LogP) is 4.61. The minimum absolute atomic E-state index is 0.0371. The van der Waals surface area contributed by atoms with Crippen molar-refractivity contribution in [2.75, 3.05) is 7.05 Å². The number of likely N-dealkylation sites (tertiary alicyclic amines) is 1. The maximum absolute atomic E-state index is 13.1. The van der Waals surface area contributed by atoms with E-state index in [2.05, 4.69) is 36.4 Å². The highest BCUT2D eigenvalue weighted by atomic mass is 16.2. The summed E-state index contributed by atoms with van der Waals surface area (Å²) < 4.78 is 0. The lowest BCUT2D eigenvalue weighted by atomic mass is 9.77. The zero-order valence-corrected chi connectivity index (χ0v) is 16.7. The van der Waals surface area contributed by atoms with E-state index < -0.39 is 0 Å². The minimum Gasteiger partial charge on any atom is -0.285 e. The maximum Gasteiger partial charge on any atom is 0.233 e. The van der Waals surface area contributed by atoms with Crippen molar-refractivity contribution in [2.45, 2.75) is 11.8 Å². The quantitative estimate of drug-likeness (QED) is 0.598. The fourth-order valence-electron chi connectivity index (χ4n) is 5.96. The average Bonchev–Trinajstić information content (AvgIpc) is 3.37. The summed E-state index contributed by atoms with van der Waals surface area (Å²) in [5, 5.41) is 0. The molecule has 1 saturated heterocycles. The lowest BCUT2D eigenvalue weighted by Crippen LogP contribution is -2.28. The molecule has 3 aromatic carbocycles. The van der Waals surface area contributed by atoms with Crippen molar-refractivity contribution in [1.29, 1.82) is 0 Å². The first-order chi connectivity index (χ1) is 14.7. The van der Waals surface area contributed by atoms with Gasteiger partial charge in [0.05, 0.1) is 11.8 Å². The summed E-state index contributed by atoms with van der Waals surface area (Å²) in [4.78, 5) is 27.6. The molecule has 146 valence electrons. The number of fused-ring (bicyclic) bond motifs is 8. The summed E-state index contributed by atoms with van der Waals surface area (Å²) in [6.45, 7) is 0. The maximum atomic E-state index is 13.1. The molecule has 0 aromatic heterocycles. The van der Waals surface area contributed by atoms with Crippen LogP contribution in [0.2, 0.25) is 0 Å². The molecule has 1 heterocycles. The van der Waals surface area contributed by atoms with E-state index in [-0.39, 0.29) is 35.5 Å². The predicted molar refractivity (Wildman–Crippen MR) is 116 cm³/mol. The van der Waals surface area contributed by atoms with Gasteiger partial charge in [0.1, 0.15) is 0 Å². The Morgan fingerprint density at radius 1 is 0.633 bits per heavy atom. The Bertz CT molecular complexity index is 1120. The first kappa shape index (κ1) is 17.4. The van der Waals surface area contributed by atoms with Crippen molar-refractivity contribution in [3.05, 3.63) is 113 Å². The van der Waals surface area contributed by atoms with Gasteiger partial charge in [0, 0.05) is 18.9 Å². The number of benzene rings is 3. The van der Waals surface area contributed by atoms with Crippen LogP contribution in [0, 0.1) is 11.8 Å². The zero-order chi connectivity index (χ0) is 20.4. The number of rotatable bonds is 2. The lowest BCUT2D eigenvalue weighted by molar-refractivity contribution is -0.138. The molecular formula is C27H21NO2. The second-order valence-corrected chi connectivity index (χ2v) is 8.43. The first-order valence-corrected chi connectivity index (χ1v) is 10.4. The van der Waals surface area contributed by atoms with Gasteiger partial charge in [-0.15, -0.1) is 0 Å². The van der Waals surface area contributed by atoms with Crippen LogP contribution in [-0.2, 0) is 9.59 Å². The van der Waals surface area contributed by atoms with Crippen LogP contribution in [-0.4, -0.2) is 23.8 Å². The Kier molecular flexibility index (Phi) is 3.64. The molecule has 2 fully saturated rings. The highest BCUT2D eigenvalue weighted by Gasteiger charge is 2.65. The molecule has 3 aliphatic rings. The molecule has 2 aliphatic carbocycles. The van der Waals surface area contributed by atoms with Crippen LogP contribution < -0.4 is 0 Å². The lowest BCUT2D eigenvalue weighted by Gasteiger charge is -2.22. The van der Waals surface area contributed by atoms with Gasteiger partial charge < -0.3 is 0 Å². The molecular weight excluding hydrogens is 370 g/mol. The standard InChI is InChI=1S/C27H21NO2/c1-28-26(29)24-21-18-14-8-9-15-19(18)22(25(24)27(28)30)23(21)20(16-10-4-2-5-11-16)17-12-6-3-7-13-17/h2-15,21-22,24-25H,1H3/t21-,22+,24-,25+. The average molecular weight is 391 g/mol. The summed E-state index contributed by atoms with van der Waals surface area (Å²) in [6, 6.07) is 29.1. The molecule has 1 aliphatic heterocycles. The van der Waals surface area contributed by atoms with Crippen molar-refractivity contribution < 1.29 is 9.59 Å². The van der Waals surface area contributed by atoms with Crippen molar-refractivity contribution >= 4 is 17.4 Å². The van der Waals surface area contributed by atoms with E-state index in [1.165, 1.54) is 27.2 Å². The number of carbonyl (C=O) groups is 2. The molecule has 2 amide bonds. The van der Waals surface area contributed by atoms with E-state index in [4.69, 9.17) is 0 Å². The smallest absolute Gasteiger partial charge is 0.233 e. The Labute approximate surface area is 175 Å². The second kappa shape index (κ2) is 6.27. The number of hydrogen-bond donors (Lipinski definition) is 0. The minimum atomic E-state index is -0.292. The van der Waals surface area contributed by atoms with Gasteiger partial charge in [-0.05, 0) is 33.4 Å². The molecule has 4 atom stereocenters. The third kappa shape index (κ3) is 2.15. The monoisotopic (exact) mass is 391 g/mol. The van der Waals surface area contributed by atoms with Gasteiger partial charge >= 0.3 is 0 Å². The van der Waals surface area contributed by atoms with Gasteiger partial charge in [0.15, 0.2) is 0 Å². The molecule has 0 radical (unpaired) electrons. The SMILES string of the molecule is CN1C(=O)[C@@H]2[C@H](C1=O)[C@H]1C(=C(c3ccccc3)c3ccccc3)[C@@H]2c2ccccc21. The second-order valence-electron chi connectivity index (χ2n) is 8.43. The van der Waals surface area contributed by atoms with E-state index in [1.54, 1.807) is 7.05 Å². The van der Waals surface area contributed by atoms with Crippen molar-refractivity contribution in [1.82, 2.24) is 4.90 Å². The molecule has 1 saturated carbocycles. The largest absolute Gasteiger partial charge is 0.285 e. The van der Waals surface area contributed by atoms with Crippen molar-refractivity contribution in [2.24, 2.45) is 11.8 Å². The van der Waals surface area contributed by atoms with E-state index in [9.17, 15) is 9.59 Å². The van der Waals surface area contributed by atoms with Gasteiger partial charge in [-0.1, -0.05) is 84.9 Å². The highest BCUT2D eigenvalue weighted by Crippen LogP contribution is 2.67. The van der Waals surface area contributed by atoms with Crippen LogP contribution in [0.15, 0.2) is 90.5 Å². The van der Waals surface area contributed by atoms with E-state index in [0.29, 0.717) is 0 Å². The van der Waals surface area contributed by atoms with Gasteiger partial charge in [-0.3, -0.25) is 14.5 Å². The third-order valence-corrected chi connectivity index (χ3v) is 7.09. The topological polar surface area (TPSA) is 37.4 Å². The van der Waals surface area contributed by atoms with E-state index in [0.717, 1.165) is 11.1 Å². The van der Waals surface area contributed by atoms with Crippen LogP contribution in [0.4, 0.5) is 0 Å². The number of imide groups is 1. The summed E-state index contributed by atoms with van der Waals surface area (Å²) in [5.41, 5.74) is 7.09. The Hall–Kier alpha value is -3.46. The Morgan fingerprint density at radius 2 is 1.03 bits per heavy atom. The van der Waals surface area contributed by atoms with Crippen LogP contribution in [0.3, 0.4) is 0 Å². The van der Waals surface area contributed by atoms with Crippen LogP contribution in [0.25, 0.3) is 5.57 Å². The molecule has 0 unspecified atom stereocenters. The summed E-state index contributed by atoms with van der Waals surface area (Å²) >= 11 is 0. The summed E-state index contributed by atoms with van der Waals surface area (Å²) in [7, 11) is 1.63. The van der Waals surface area contributed by atoms with E-state index in [1.807, 2.05) is 48.5 Å². The van der Waals surface area contributed by atoms with Gasteiger partial charge in [-0.2, -0.15) is 0 Å². The molecule has 6 rings (SSSR count). The Morgan fingerprint density at radius 3 is 1.47 bits per heavy atom.